The largest absolute Gasteiger partial charge is 0.340 e. The van der Waals surface area contributed by atoms with Gasteiger partial charge >= 0.3 is 0 Å². The molecule has 5 nitrogen and oxygen atoms in total. The molecule has 0 saturated heterocycles. The second kappa shape index (κ2) is 6.89. The van der Waals surface area contributed by atoms with Gasteiger partial charge in [0.1, 0.15) is 11.5 Å². The number of benzene rings is 2. The lowest BCUT2D eigenvalue weighted by molar-refractivity contribution is 0.101. The SMILES string of the molecule is Cn1c(C(=O)Nc2cnn(Cc3ccc(F)cc3)c2)cc2c(Cl)cccc21. The smallest absolute Gasteiger partial charge is 0.272 e. The highest BCUT2D eigenvalue weighted by Gasteiger charge is 2.15. The third-order valence-electron chi connectivity index (χ3n) is 4.42. The van der Waals surface area contributed by atoms with Crippen molar-refractivity contribution in [3.8, 4) is 0 Å². The van der Waals surface area contributed by atoms with E-state index in [2.05, 4.69) is 10.4 Å². The van der Waals surface area contributed by atoms with Crippen LogP contribution in [-0.2, 0) is 13.6 Å². The van der Waals surface area contributed by atoms with E-state index in [-0.39, 0.29) is 11.7 Å². The topological polar surface area (TPSA) is 51.9 Å². The Morgan fingerprint density at radius 1 is 1.22 bits per heavy atom. The molecule has 4 rings (SSSR count). The summed E-state index contributed by atoms with van der Waals surface area (Å²) in [5.41, 5.74) is 2.89. The van der Waals surface area contributed by atoms with Crippen molar-refractivity contribution in [2.45, 2.75) is 6.54 Å². The average molecular weight is 383 g/mol. The summed E-state index contributed by atoms with van der Waals surface area (Å²) in [6, 6.07) is 13.6. The Morgan fingerprint density at radius 3 is 2.74 bits per heavy atom. The zero-order chi connectivity index (χ0) is 19.0. The summed E-state index contributed by atoms with van der Waals surface area (Å²) in [5.74, 6) is -0.520. The molecule has 4 aromatic rings. The summed E-state index contributed by atoms with van der Waals surface area (Å²) in [7, 11) is 1.82. The Kier molecular flexibility index (Phi) is 4.41. The first-order valence-corrected chi connectivity index (χ1v) is 8.71. The number of carbonyl (C=O) groups is 1. The van der Waals surface area contributed by atoms with Crippen molar-refractivity contribution in [1.29, 1.82) is 0 Å². The number of rotatable bonds is 4. The average Bonchev–Trinajstić information content (AvgIpc) is 3.22. The molecule has 0 atom stereocenters. The molecule has 0 spiro atoms. The molecule has 2 heterocycles. The molecule has 7 heteroatoms. The van der Waals surface area contributed by atoms with Crippen molar-refractivity contribution in [2.24, 2.45) is 7.05 Å². The maximum atomic E-state index is 13.0. The molecule has 136 valence electrons. The van der Waals surface area contributed by atoms with E-state index < -0.39 is 0 Å². The van der Waals surface area contributed by atoms with Gasteiger partial charge in [0.25, 0.3) is 5.91 Å². The van der Waals surface area contributed by atoms with E-state index in [1.165, 1.54) is 12.1 Å². The van der Waals surface area contributed by atoms with Gasteiger partial charge in [-0.15, -0.1) is 0 Å². The van der Waals surface area contributed by atoms with Crippen LogP contribution in [0.15, 0.2) is 60.9 Å². The van der Waals surface area contributed by atoms with Crippen LogP contribution < -0.4 is 5.32 Å². The van der Waals surface area contributed by atoms with Crippen LogP contribution >= 0.6 is 11.6 Å². The molecule has 0 aliphatic heterocycles. The van der Waals surface area contributed by atoms with Crippen molar-refractivity contribution in [2.75, 3.05) is 5.32 Å². The van der Waals surface area contributed by atoms with Crippen LogP contribution in [0.3, 0.4) is 0 Å². The minimum absolute atomic E-state index is 0.244. The highest BCUT2D eigenvalue weighted by molar-refractivity contribution is 6.35. The predicted molar refractivity (Wildman–Crippen MR) is 104 cm³/mol. The van der Waals surface area contributed by atoms with Gasteiger partial charge in [-0.05, 0) is 35.9 Å². The van der Waals surface area contributed by atoms with E-state index in [1.807, 2.05) is 19.2 Å². The summed E-state index contributed by atoms with van der Waals surface area (Å²) in [4.78, 5) is 12.7. The number of carbonyl (C=O) groups excluding carboxylic acids is 1. The number of aromatic nitrogens is 3. The maximum Gasteiger partial charge on any atom is 0.272 e. The van der Waals surface area contributed by atoms with Crippen molar-refractivity contribution < 1.29 is 9.18 Å². The number of nitrogens with one attached hydrogen (secondary N) is 1. The molecule has 0 radical (unpaired) electrons. The number of fused-ring (bicyclic) bond motifs is 1. The van der Waals surface area contributed by atoms with Gasteiger partial charge in [-0.25, -0.2) is 4.39 Å². The Bertz CT molecular complexity index is 1130. The lowest BCUT2D eigenvalue weighted by atomic mass is 10.2. The summed E-state index contributed by atoms with van der Waals surface area (Å²) in [6.07, 6.45) is 3.31. The van der Waals surface area contributed by atoms with Crippen LogP contribution in [0.1, 0.15) is 16.1 Å². The molecule has 0 aliphatic rings. The first-order chi connectivity index (χ1) is 13.0. The van der Waals surface area contributed by atoms with Gasteiger partial charge in [-0.3, -0.25) is 9.48 Å². The quantitative estimate of drug-likeness (QED) is 0.566. The number of aryl methyl sites for hydroxylation is 1. The molecule has 2 aromatic carbocycles. The fourth-order valence-corrected chi connectivity index (χ4v) is 3.25. The zero-order valence-corrected chi connectivity index (χ0v) is 15.2. The molecule has 0 bridgehead atoms. The molecular formula is C20H16ClFN4O. The van der Waals surface area contributed by atoms with Gasteiger partial charge in [0.15, 0.2) is 0 Å². The zero-order valence-electron chi connectivity index (χ0n) is 14.5. The first-order valence-electron chi connectivity index (χ1n) is 8.33. The molecule has 0 fully saturated rings. The van der Waals surface area contributed by atoms with E-state index in [0.717, 1.165) is 16.5 Å². The minimum atomic E-state index is -0.276. The normalized spacial score (nSPS) is 11.1. The molecule has 1 amide bonds. The number of anilines is 1. The van der Waals surface area contributed by atoms with E-state index in [0.29, 0.717) is 22.9 Å². The number of nitrogens with zero attached hydrogens (tertiary/aromatic N) is 3. The Balaban J connectivity index is 1.52. The molecule has 0 unspecified atom stereocenters. The highest BCUT2D eigenvalue weighted by atomic mass is 35.5. The molecule has 0 aliphatic carbocycles. The number of hydrogen-bond acceptors (Lipinski definition) is 2. The second-order valence-corrected chi connectivity index (χ2v) is 6.68. The van der Waals surface area contributed by atoms with Crippen LogP contribution in [0, 0.1) is 5.82 Å². The number of hydrogen-bond donors (Lipinski definition) is 1. The lowest BCUT2D eigenvalue weighted by Gasteiger charge is -2.05. The molecule has 2 aromatic heterocycles. The van der Waals surface area contributed by atoms with Gasteiger partial charge in [-0.1, -0.05) is 29.8 Å². The summed E-state index contributed by atoms with van der Waals surface area (Å²) in [6.45, 7) is 0.486. The summed E-state index contributed by atoms with van der Waals surface area (Å²) < 4.78 is 16.5. The second-order valence-electron chi connectivity index (χ2n) is 6.27. The molecule has 1 N–H and O–H groups in total. The number of halogens is 2. The lowest BCUT2D eigenvalue weighted by Crippen LogP contribution is -2.15. The van der Waals surface area contributed by atoms with Crippen molar-refractivity contribution >= 4 is 34.1 Å². The summed E-state index contributed by atoms with van der Waals surface area (Å²) >= 11 is 6.22. The fraction of sp³-hybridized carbons (Fsp3) is 0.100. The Hall–Kier alpha value is -3.12. The predicted octanol–water partition coefficient (Wildman–Crippen LogP) is 4.47. The van der Waals surface area contributed by atoms with Crippen LogP contribution in [0.5, 0.6) is 0 Å². The third kappa shape index (κ3) is 3.44. The van der Waals surface area contributed by atoms with Gasteiger partial charge < -0.3 is 9.88 Å². The molecule has 0 saturated carbocycles. The van der Waals surface area contributed by atoms with Crippen molar-refractivity contribution in [3.63, 3.8) is 0 Å². The van der Waals surface area contributed by atoms with Gasteiger partial charge in [-0.2, -0.15) is 5.10 Å². The van der Waals surface area contributed by atoms with E-state index in [4.69, 9.17) is 11.6 Å². The van der Waals surface area contributed by atoms with Crippen molar-refractivity contribution in [3.05, 3.63) is 83.0 Å². The van der Waals surface area contributed by atoms with E-state index in [9.17, 15) is 9.18 Å². The standard InChI is InChI=1S/C20H16ClFN4O/c1-25-18-4-2-3-17(21)16(18)9-19(25)20(27)24-15-10-23-26(12-15)11-13-5-7-14(22)8-6-13/h2-10,12H,11H2,1H3,(H,24,27). The van der Waals surface area contributed by atoms with Gasteiger partial charge in [0, 0.05) is 29.2 Å². The minimum Gasteiger partial charge on any atom is -0.340 e. The molecule has 27 heavy (non-hydrogen) atoms. The van der Waals surface area contributed by atoms with Gasteiger partial charge in [0.05, 0.1) is 18.4 Å². The Labute approximate surface area is 160 Å². The molecular weight excluding hydrogens is 367 g/mol. The Morgan fingerprint density at radius 2 is 2.00 bits per heavy atom. The van der Waals surface area contributed by atoms with Crippen LogP contribution in [-0.4, -0.2) is 20.3 Å². The van der Waals surface area contributed by atoms with Crippen LogP contribution in [0.4, 0.5) is 10.1 Å². The van der Waals surface area contributed by atoms with E-state index in [1.54, 1.807) is 45.9 Å². The van der Waals surface area contributed by atoms with Crippen LogP contribution in [0.25, 0.3) is 10.9 Å². The van der Waals surface area contributed by atoms with E-state index >= 15 is 0 Å². The maximum absolute atomic E-state index is 13.0. The highest BCUT2D eigenvalue weighted by Crippen LogP contribution is 2.26. The van der Waals surface area contributed by atoms with Gasteiger partial charge in [0.2, 0.25) is 0 Å². The third-order valence-corrected chi connectivity index (χ3v) is 4.74. The monoisotopic (exact) mass is 382 g/mol. The van der Waals surface area contributed by atoms with Crippen molar-refractivity contribution in [1.82, 2.24) is 14.3 Å². The van der Waals surface area contributed by atoms with Crippen LogP contribution in [0.2, 0.25) is 5.02 Å². The fourth-order valence-electron chi connectivity index (χ4n) is 3.03. The number of amides is 1. The summed E-state index contributed by atoms with van der Waals surface area (Å²) in [5, 5.41) is 8.53. The first kappa shape index (κ1) is 17.3.